The van der Waals surface area contributed by atoms with Gasteiger partial charge in [0.15, 0.2) is 0 Å². The van der Waals surface area contributed by atoms with Crippen LogP contribution in [0.5, 0.6) is 0 Å². The van der Waals surface area contributed by atoms with Crippen LogP contribution in [0.25, 0.3) is 10.9 Å². The van der Waals surface area contributed by atoms with E-state index in [9.17, 15) is 14.4 Å². The van der Waals surface area contributed by atoms with E-state index in [0.717, 1.165) is 27.7 Å². The predicted octanol–water partition coefficient (Wildman–Crippen LogP) is 1.53. The van der Waals surface area contributed by atoms with Gasteiger partial charge < -0.3 is 15.2 Å². The summed E-state index contributed by atoms with van der Waals surface area (Å²) >= 11 is 0. The number of nitrogens with zero attached hydrogens (tertiary/aromatic N) is 1. The molecule has 7 nitrogen and oxygen atoms in total. The molecule has 2 aromatic rings. The molecule has 4 rings (SSSR count). The Morgan fingerprint density at radius 2 is 1.92 bits per heavy atom. The molecule has 3 heterocycles. The maximum absolute atomic E-state index is 12.8. The number of hydrogen-bond donors (Lipinski definition) is 3. The third kappa shape index (κ3) is 2.64. The van der Waals surface area contributed by atoms with Crippen LogP contribution in [0.1, 0.15) is 29.7 Å². The highest BCUT2D eigenvalue weighted by Crippen LogP contribution is 2.28. The Kier molecular flexibility index (Phi) is 3.75. The number of benzene rings is 1. The van der Waals surface area contributed by atoms with Gasteiger partial charge in [-0.3, -0.25) is 14.9 Å². The van der Waals surface area contributed by atoms with Crippen LogP contribution in [0, 0.1) is 13.8 Å². The highest BCUT2D eigenvalue weighted by atomic mass is 16.2. The number of carbonyl (C=O) groups excluding carboxylic acids is 3. The van der Waals surface area contributed by atoms with Crippen LogP contribution in [0.2, 0.25) is 0 Å². The quantitative estimate of drug-likeness (QED) is 0.714. The van der Waals surface area contributed by atoms with Gasteiger partial charge in [-0.2, -0.15) is 0 Å². The number of carbonyl (C=O) groups is 3. The zero-order valence-corrected chi connectivity index (χ0v) is 14.9. The van der Waals surface area contributed by atoms with Crippen molar-refractivity contribution in [2.24, 2.45) is 0 Å². The summed E-state index contributed by atoms with van der Waals surface area (Å²) in [6.07, 6.45) is 1.23. The average molecular weight is 354 g/mol. The predicted molar refractivity (Wildman–Crippen MR) is 96.7 cm³/mol. The summed E-state index contributed by atoms with van der Waals surface area (Å²) in [5, 5.41) is 6.10. The Balaban J connectivity index is 1.49. The number of nitrogens with one attached hydrogen (secondary N) is 3. The lowest BCUT2D eigenvalue weighted by atomic mass is 9.87. The normalized spacial score (nSPS) is 19.1. The molecule has 4 amide bonds. The molecule has 2 aliphatic heterocycles. The summed E-state index contributed by atoms with van der Waals surface area (Å²) in [6, 6.07) is 5.75. The van der Waals surface area contributed by atoms with E-state index < -0.39 is 11.6 Å². The van der Waals surface area contributed by atoms with Gasteiger partial charge in [0.2, 0.25) is 5.91 Å². The first kappa shape index (κ1) is 16.6. The molecule has 3 N–H and O–H groups in total. The minimum atomic E-state index is -0.846. The van der Waals surface area contributed by atoms with Gasteiger partial charge in [-0.05, 0) is 44.4 Å². The molecule has 0 atom stereocenters. The van der Waals surface area contributed by atoms with Crippen molar-refractivity contribution >= 4 is 28.7 Å². The number of amides is 4. The van der Waals surface area contributed by atoms with Gasteiger partial charge in [0.25, 0.3) is 5.91 Å². The summed E-state index contributed by atoms with van der Waals surface area (Å²) in [7, 11) is 0. The first-order valence-corrected chi connectivity index (χ1v) is 8.87. The van der Waals surface area contributed by atoms with Gasteiger partial charge in [0.05, 0.1) is 6.42 Å². The summed E-state index contributed by atoms with van der Waals surface area (Å²) in [4.78, 5) is 41.4. The lowest BCUT2D eigenvalue weighted by molar-refractivity contribution is -0.135. The van der Waals surface area contributed by atoms with Crippen molar-refractivity contribution in [3.8, 4) is 0 Å². The molecule has 2 saturated heterocycles. The molecule has 2 fully saturated rings. The van der Waals surface area contributed by atoms with Crippen LogP contribution in [0.3, 0.4) is 0 Å². The van der Waals surface area contributed by atoms with Gasteiger partial charge in [0, 0.05) is 29.7 Å². The zero-order valence-electron chi connectivity index (χ0n) is 14.9. The van der Waals surface area contributed by atoms with Crippen LogP contribution in [0.4, 0.5) is 4.79 Å². The molecule has 26 heavy (non-hydrogen) atoms. The SMILES string of the molecule is Cc1ccc2[nH]c(C)c(CC(=O)N3CCC4(CC3)NC(=O)NC4=O)c2c1. The number of aromatic nitrogens is 1. The molecule has 1 aromatic heterocycles. The second kappa shape index (κ2) is 5.86. The van der Waals surface area contributed by atoms with Gasteiger partial charge in [-0.15, -0.1) is 0 Å². The Bertz CT molecular complexity index is 922. The number of imide groups is 1. The number of likely N-dealkylation sites (tertiary alicyclic amines) is 1. The second-order valence-corrected chi connectivity index (χ2v) is 7.33. The van der Waals surface area contributed by atoms with E-state index in [1.807, 2.05) is 19.9 Å². The van der Waals surface area contributed by atoms with Crippen molar-refractivity contribution in [3.05, 3.63) is 35.0 Å². The number of urea groups is 1. The van der Waals surface area contributed by atoms with Crippen molar-refractivity contribution in [1.82, 2.24) is 20.5 Å². The highest BCUT2D eigenvalue weighted by Gasteiger charge is 2.48. The van der Waals surface area contributed by atoms with Crippen molar-refractivity contribution in [2.45, 2.75) is 38.6 Å². The Labute approximate surface area is 151 Å². The first-order chi connectivity index (χ1) is 12.4. The molecule has 7 heteroatoms. The van der Waals surface area contributed by atoms with Gasteiger partial charge in [-0.1, -0.05) is 11.6 Å². The molecule has 0 bridgehead atoms. The lowest BCUT2D eigenvalue weighted by Gasteiger charge is -2.37. The molecule has 0 radical (unpaired) electrons. The minimum absolute atomic E-state index is 0.0510. The van der Waals surface area contributed by atoms with E-state index in [2.05, 4.69) is 27.8 Å². The Hall–Kier alpha value is -2.83. The first-order valence-electron chi connectivity index (χ1n) is 8.87. The minimum Gasteiger partial charge on any atom is -0.358 e. The number of aromatic amines is 1. The van der Waals surface area contributed by atoms with E-state index in [1.165, 1.54) is 0 Å². The van der Waals surface area contributed by atoms with Crippen molar-refractivity contribution in [3.63, 3.8) is 0 Å². The molecule has 136 valence electrons. The van der Waals surface area contributed by atoms with Gasteiger partial charge in [-0.25, -0.2) is 4.79 Å². The summed E-state index contributed by atoms with van der Waals surface area (Å²) in [5.74, 6) is -0.229. The molecule has 1 aromatic carbocycles. The van der Waals surface area contributed by atoms with E-state index in [0.29, 0.717) is 32.4 Å². The van der Waals surface area contributed by atoms with Crippen LogP contribution >= 0.6 is 0 Å². The molecular weight excluding hydrogens is 332 g/mol. The van der Waals surface area contributed by atoms with E-state index >= 15 is 0 Å². The number of rotatable bonds is 2. The monoisotopic (exact) mass is 354 g/mol. The summed E-state index contributed by atoms with van der Waals surface area (Å²) in [5.41, 5.74) is 3.39. The largest absolute Gasteiger partial charge is 0.358 e. The van der Waals surface area contributed by atoms with Crippen molar-refractivity contribution < 1.29 is 14.4 Å². The fourth-order valence-electron chi connectivity index (χ4n) is 4.01. The van der Waals surface area contributed by atoms with Gasteiger partial charge >= 0.3 is 6.03 Å². The maximum atomic E-state index is 12.8. The average Bonchev–Trinajstić information content (AvgIpc) is 3.04. The van der Waals surface area contributed by atoms with Crippen LogP contribution in [0.15, 0.2) is 18.2 Å². The third-order valence-corrected chi connectivity index (χ3v) is 5.59. The number of hydrogen-bond acceptors (Lipinski definition) is 3. The van der Waals surface area contributed by atoms with Crippen LogP contribution in [-0.4, -0.2) is 46.4 Å². The number of fused-ring (bicyclic) bond motifs is 1. The van der Waals surface area contributed by atoms with Crippen molar-refractivity contribution in [1.29, 1.82) is 0 Å². The van der Waals surface area contributed by atoms with Gasteiger partial charge in [0.1, 0.15) is 5.54 Å². The molecular formula is C19H22N4O3. The van der Waals surface area contributed by atoms with E-state index in [4.69, 9.17) is 0 Å². The number of piperidine rings is 1. The fourth-order valence-corrected chi connectivity index (χ4v) is 4.01. The third-order valence-electron chi connectivity index (χ3n) is 5.59. The van der Waals surface area contributed by atoms with Crippen LogP contribution in [-0.2, 0) is 16.0 Å². The standard InChI is InChI=1S/C19H22N4O3/c1-11-3-4-15-14(9-11)13(12(2)20-15)10-16(24)23-7-5-19(6-8-23)17(25)21-18(26)22-19/h3-4,9,20H,5-8,10H2,1-2H3,(H2,21,22,25,26). The maximum Gasteiger partial charge on any atom is 0.322 e. The topological polar surface area (TPSA) is 94.3 Å². The number of H-pyrrole nitrogens is 1. The molecule has 0 aliphatic carbocycles. The summed E-state index contributed by atoms with van der Waals surface area (Å²) in [6.45, 7) is 4.96. The fraction of sp³-hybridized carbons (Fsp3) is 0.421. The smallest absolute Gasteiger partial charge is 0.322 e. The second-order valence-electron chi connectivity index (χ2n) is 7.33. The Morgan fingerprint density at radius 3 is 2.58 bits per heavy atom. The molecule has 0 unspecified atom stereocenters. The summed E-state index contributed by atoms with van der Waals surface area (Å²) < 4.78 is 0. The molecule has 2 aliphatic rings. The molecule has 0 saturated carbocycles. The highest BCUT2D eigenvalue weighted by molar-refractivity contribution is 6.07. The molecule has 1 spiro atoms. The zero-order chi connectivity index (χ0) is 18.5. The lowest BCUT2D eigenvalue weighted by Crippen LogP contribution is -2.55. The van der Waals surface area contributed by atoms with Crippen LogP contribution < -0.4 is 10.6 Å². The van der Waals surface area contributed by atoms with E-state index in [1.54, 1.807) is 4.90 Å². The van der Waals surface area contributed by atoms with E-state index in [-0.39, 0.29) is 11.8 Å². The Morgan fingerprint density at radius 1 is 1.19 bits per heavy atom. The van der Waals surface area contributed by atoms with Crippen molar-refractivity contribution in [2.75, 3.05) is 13.1 Å². The number of aryl methyl sites for hydroxylation is 2.